The van der Waals surface area contributed by atoms with Gasteiger partial charge in [-0.3, -0.25) is 4.57 Å². The summed E-state index contributed by atoms with van der Waals surface area (Å²) >= 11 is 16.9. The van der Waals surface area contributed by atoms with Crippen molar-refractivity contribution in [2.75, 3.05) is 12.3 Å². The molecule has 0 aromatic carbocycles. The molecule has 1 aliphatic heterocycles. The second kappa shape index (κ2) is 5.90. The molecule has 3 heterocycles. The van der Waals surface area contributed by atoms with E-state index in [1.807, 2.05) is 0 Å². The van der Waals surface area contributed by atoms with Crippen LogP contribution in [-0.4, -0.2) is 53.4 Å². The van der Waals surface area contributed by atoms with Crippen LogP contribution in [0.2, 0.25) is 0 Å². The molecule has 1 unspecified atom stereocenters. The van der Waals surface area contributed by atoms with Crippen molar-refractivity contribution in [3.8, 4) is 11.3 Å². The van der Waals surface area contributed by atoms with Crippen LogP contribution >= 0.6 is 35.4 Å². The van der Waals surface area contributed by atoms with Gasteiger partial charge in [0.05, 0.1) is 15.6 Å². The maximum Gasteiger partial charge on any atom is 0.200 e. The molecular weight excluding hydrogens is 365 g/mol. The number of aliphatic hydroxyl groups is 2. The maximum atomic E-state index is 10.4. The maximum absolute atomic E-state index is 10.4. The summed E-state index contributed by atoms with van der Waals surface area (Å²) in [6.07, 6.45) is -3.37. The summed E-state index contributed by atoms with van der Waals surface area (Å²) in [6, 6.07) is 0. The third-order valence-corrected chi connectivity index (χ3v) is 4.32. The Labute approximate surface area is 148 Å². The summed E-state index contributed by atoms with van der Waals surface area (Å²) < 4.78 is 21.8. The molecule has 0 bridgehead atoms. The van der Waals surface area contributed by atoms with Gasteiger partial charge in [0.2, 0.25) is 0 Å². The lowest BCUT2D eigenvalue weighted by Crippen LogP contribution is -2.41. The minimum absolute atomic E-state index is 0.00966. The smallest absolute Gasteiger partial charge is 0.200 e. The van der Waals surface area contributed by atoms with E-state index < -0.39 is 29.9 Å². The topological polar surface area (TPSA) is 122 Å². The molecule has 23 heavy (non-hydrogen) atoms. The number of imidazole rings is 1. The summed E-state index contributed by atoms with van der Waals surface area (Å²) in [5, 5.41) is 22.1. The monoisotopic (exact) mass is 377 g/mol. The van der Waals surface area contributed by atoms with Gasteiger partial charge in [-0.15, -0.1) is 0 Å². The molecule has 0 saturated carbocycles. The van der Waals surface area contributed by atoms with Crippen LogP contribution in [0, 0.1) is 15.9 Å². The molecule has 4 atom stereocenters. The van der Waals surface area contributed by atoms with Crippen molar-refractivity contribution in [1.82, 2.24) is 19.5 Å². The molecule has 8 nitrogen and oxygen atoms in total. The molecule has 1 fully saturated rings. The Morgan fingerprint density at radius 3 is 3.09 bits per heavy atom. The zero-order chi connectivity index (χ0) is 18.6. The molecule has 122 valence electrons. The highest BCUT2D eigenvalue weighted by Crippen LogP contribution is 2.44. The molecule has 2 aromatic heterocycles. The van der Waals surface area contributed by atoms with Crippen LogP contribution in [0.4, 0.5) is 5.95 Å². The second-order valence-electron chi connectivity index (χ2n) is 4.75. The number of nitrogens with one attached hydrogen (secondary N) is 1. The van der Waals surface area contributed by atoms with Gasteiger partial charge in [-0.05, 0) is 11.6 Å². The van der Waals surface area contributed by atoms with Crippen LogP contribution in [0.3, 0.4) is 0 Å². The lowest BCUT2D eigenvalue weighted by Gasteiger charge is -2.25. The number of ether oxygens (including phenoxy) is 1. The van der Waals surface area contributed by atoms with Crippen molar-refractivity contribution in [3.05, 3.63) is 11.0 Å². The van der Waals surface area contributed by atoms with Gasteiger partial charge < -0.3 is 25.7 Å². The molecule has 1 saturated heterocycles. The molecule has 5 N–H and O–H groups in total. The Kier molecular flexibility index (Phi) is 3.59. The largest absolute Gasteiger partial charge is 0.394 e. The molecule has 0 aliphatic carbocycles. The number of aliphatic hydroxyl groups excluding tert-OH is 1. The summed E-state index contributed by atoms with van der Waals surface area (Å²) in [4.78, 5) is 8.84. The van der Waals surface area contributed by atoms with Crippen molar-refractivity contribution in [1.29, 1.82) is 0 Å². The quantitative estimate of drug-likeness (QED) is 0.341. The van der Waals surface area contributed by atoms with Crippen LogP contribution in [0.1, 0.15) is 8.97 Å². The standard InChI is InChI=1S/C12H11Cl2N5O3S/c13-2-1-12(14)7(21)5(3-20)22-10(12)19-4-16-6-8(19)17-11(15)18-9(6)23/h4-5,7,10,20-21H,3H2,(H3,15,17,18,23)/t5-,7+,10-,12?/m1/s1/i3D2. The van der Waals surface area contributed by atoms with Gasteiger partial charge >= 0.3 is 0 Å². The van der Waals surface area contributed by atoms with E-state index in [1.165, 1.54) is 10.9 Å². The van der Waals surface area contributed by atoms with E-state index in [1.54, 1.807) is 0 Å². The van der Waals surface area contributed by atoms with E-state index in [0.29, 0.717) is 0 Å². The Bertz CT molecular complexity index is 952. The first-order valence-electron chi connectivity index (χ1n) is 7.19. The lowest BCUT2D eigenvalue weighted by molar-refractivity contribution is -0.0436. The van der Waals surface area contributed by atoms with Crippen LogP contribution < -0.4 is 5.73 Å². The minimum Gasteiger partial charge on any atom is -0.394 e. The summed E-state index contributed by atoms with van der Waals surface area (Å²) in [5.74, 6) is 2.41. The van der Waals surface area contributed by atoms with E-state index >= 15 is 0 Å². The van der Waals surface area contributed by atoms with E-state index in [4.69, 9.17) is 48.6 Å². The Hall–Kier alpha value is -1.41. The second-order valence-corrected chi connectivity index (χ2v) is 5.95. The number of H-pyrrole nitrogens is 1. The summed E-state index contributed by atoms with van der Waals surface area (Å²) in [7, 11) is 0. The number of nitrogen functional groups attached to an aromatic ring is 1. The molecule has 0 amide bonds. The van der Waals surface area contributed by atoms with Crippen molar-refractivity contribution < 1.29 is 17.7 Å². The number of hydrogen-bond acceptors (Lipinski definition) is 7. The summed E-state index contributed by atoms with van der Waals surface area (Å²) in [6.45, 7) is -2.88. The minimum atomic E-state index is -2.88. The predicted molar refractivity (Wildman–Crippen MR) is 86.3 cm³/mol. The van der Waals surface area contributed by atoms with Gasteiger partial charge in [0.15, 0.2) is 21.7 Å². The summed E-state index contributed by atoms with van der Waals surface area (Å²) in [5.41, 5.74) is 6.22. The number of anilines is 1. The van der Waals surface area contributed by atoms with Crippen molar-refractivity contribution in [3.63, 3.8) is 0 Å². The molecule has 11 heteroatoms. The fourth-order valence-corrected chi connectivity index (χ4v) is 3.16. The molecule has 0 radical (unpaired) electrons. The van der Waals surface area contributed by atoms with Crippen molar-refractivity contribution in [2.24, 2.45) is 0 Å². The first kappa shape index (κ1) is 14.0. The Morgan fingerprint density at radius 1 is 1.70 bits per heavy atom. The average molecular weight is 378 g/mol. The Balaban J connectivity index is 2.21. The number of aromatic amines is 1. The van der Waals surface area contributed by atoms with E-state index in [0.717, 1.165) is 0 Å². The first-order chi connectivity index (χ1) is 11.6. The zero-order valence-electron chi connectivity index (χ0n) is 13.2. The van der Waals surface area contributed by atoms with E-state index in [-0.39, 0.29) is 21.8 Å². The normalized spacial score (nSPS) is 32.3. The van der Waals surface area contributed by atoms with Crippen LogP contribution in [0.5, 0.6) is 0 Å². The van der Waals surface area contributed by atoms with Crippen molar-refractivity contribution >= 4 is 52.5 Å². The molecule has 0 spiro atoms. The number of fused-ring (bicyclic) bond motifs is 1. The van der Waals surface area contributed by atoms with Gasteiger partial charge in [-0.2, -0.15) is 0 Å². The van der Waals surface area contributed by atoms with Gasteiger partial charge in [0.25, 0.3) is 0 Å². The van der Waals surface area contributed by atoms with Crippen LogP contribution in [0.25, 0.3) is 11.2 Å². The van der Waals surface area contributed by atoms with E-state index in [2.05, 4.69) is 26.3 Å². The molecule has 2 aromatic rings. The number of hydrogen-bond donors (Lipinski definition) is 4. The number of rotatable bonds is 2. The number of aromatic nitrogens is 4. The molecule has 1 aliphatic rings. The first-order valence-corrected chi connectivity index (χ1v) is 7.36. The third kappa shape index (κ3) is 2.48. The number of halogens is 2. The van der Waals surface area contributed by atoms with Crippen LogP contribution in [0.15, 0.2) is 6.33 Å². The van der Waals surface area contributed by atoms with Gasteiger partial charge in [0, 0.05) is 5.38 Å². The molecule has 3 rings (SSSR count). The van der Waals surface area contributed by atoms with E-state index in [9.17, 15) is 10.2 Å². The highest BCUT2D eigenvalue weighted by Gasteiger charge is 2.56. The van der Waals surface area contributed by atoms with Gasteiger partial charge in [-0.1, -0.05) is 29.7 Å². The number of alkyl halides is 1. The Morgan fingerprint density at radius 2 is 2.43 bits per heavy atom. The van der Waals surface area contributed by atoms with Crippen LogP contribution in [-0.2, 0) is 4.74 Å². The lowest BCUT2D eigenvalue weighted by atomic mass is 9.99. The number of nitrogens with zero attached hydrogens (tertiary/aromatic N) is 3. The number of nitrogens with two attached hydrogens (primary N) is 1. The highest BCUT2D eigenvalue weighted by molar-refractivity contribution is 7.71. The fraction of sp³-hybridized carbons (Fsp3) is 0.417. The van der Waals surface area contributed by atoms with Gasteiger partial charge in [-0.25, -0.2) is 9.97 Å². The van der Waals surface area contributed by atoms with Crippen molar-refractivity contribution in [2.45, 2.75) is 23.3 Å². The third-order valence-electron chi connectivity index (χ3n) is 3.44. The van der Waals surface area contributed by atoms with Gasteiger partial charge in [0.1, 0.15) is 23.4 Å². The highest BCUT2D eigenvalue weighted by atomic mass is 35.5. The fourth-order valence-electron chi connectivity index (χ4n) is 2.39. The molecular formula is C12H11Cl2N5O3S. The predicted octanol–water partition coefficient (Wildman–Crippen LogP) is 0.499. The SMILES string of the molecule is [2H]C([2H])(O)[C@H]1O[C@@H](n2cnc3c(=S)nc(N)[nH]c32)C(Cl)(C#CCl)[C@H]1O. The zero-order valence-corrected chi connectivity index (χ0v) is 13.5. The average Bonchev–Trinajstić information content (AvgIpc) is 3.00.